The molecule has 196 valence electrons. The molecule has 0 spiro atoms. The van der Waals surface area contributed by atoms with Crippen LogP contribution in [-0.2, 0) is 29.8 Å². The van der Waals surface area contributed by atoms with Crippen molar-refractivity contribution in [3.05, 3.63) is 98.2 Å². The lowest BCUT2D eigenvalue weighted by Crippen LogP contribution is -2.40. The molecule has 4 rings (SSSR count). The van der Waals surface area contributed by atoms with Gasteiger partial charge in [0.05, 0.1) is 35.3 Å². The van der Waals surface area contributed by atoms with Crippen molar-refractivity contribution in [2.45, 2.75) is 24.4 Å². The molecule has 0 saturated carbocycles. The number of hydrogen-bond donors (Lipinski definition) is 1. The van der Waals surface area contributed by atoms with Gasteiger partial charge in [0.25, 0.3) is 15.7 Å². The lowest BCUT2D eigenvalue weighted by molar-refractivity contribution is -0.137. The summed E-state index contributed by atoms with van der Waals surface area (Å²) < 4.78 is 77.4. The van der Waals surface area contributed by atoms with Gasteiger partial charge in [0.15, 0.2) is 5.69 Å². The molecule has 0 aliphatic carbocycles. The Labute approximate surface area is 213 Å². The van der Waals surface area contributed by atoms with E-state index in [0.717, 1.165) is 40.7 Å². The Morgan fingerprint density at radius 1 is 1.08 bits per heavy atom. The van der Waals surface area contributed by atoms with Crippen LogP contribution in [-0.4, -0.2) is 31.9 Å². The predicted octanol–water partition coefficient (Wildman–Crippen LogP) is 3.77. The van der Waals surface area contributed by atoms with Crippen molar-refractivity contribution in [1.29, 1.82) is 0 Å². The van der Waals surface area contributed by atoms with Crippen molar-refractivity contribution in [3.8, 4) is 22.6 Å². The third-order valence-corrected chi connectivity index (χ3v) is 6.65. The third-order valence-electron chi connectivity index (χ3n) is 5.80. The molecule has 10 nitrogen and oxygen atoms in total. The lowest BCUT2D eigenvalue weighted by atomic mass is 10.1. The van der Waals surface area contributed by atoms with Crippen LogP contribution in [0.4, 0.5) is 18.9 Å². The summed E-state index contributed by atoms with van der Waals surface area (Å²) in [5.41, 5.74) is -3.57. The van der Waals surface area contributed by atoms with Crippen molar-refractivity contribution < 1.29 is 26.1 Å². The third kappa shape index (κ3) is 4.53. The number of rotatable bonds is 5. The SMILES string of the molecule is [C-]#[N+]c1ccc(-n2ncc(S(=O)(=O)O)c2-c2c(CC)n(-c3cccc(C(F)(F)F)c3)c(=O)n(C)c2=O)cc1. The Bertz CT molecular complexity index is 1830. The molecule has 38 heavy (non-hydrogen) atoms. The van der Waals surface area contributed by atoms with Crippen molar-refractivity contribution in [2.75, 3.05) is 0 Å². The maximum Gasteiger partial charge on any atom is 0.416 e. The summed E-state index contributed by atoms with van der Waals surface area (Å²) in [6, 6.07) is 9.59. The second kappa shape index (κ2) is 9.43. The fourth-order valence-electron chi connectivity index (χ4n) is 4.03. The van der Waals surface area contributed by atoms with Gasteiger partial charge < -0.3 is 0 Å². The van der Waals surface area contributed by atoms with E-state index in [9.17, 15) is 35.7 Å². The van der Waals surface area contributed by atoms with Crippen molar-refractivity contribution in [1.82, 2.24) is 18.9 Å². The minimum absolute atomic E-state index is 0.0936. The normalized spacial score (nSPS) is 11.9. The Morgan fingerprint density at radius 3 is 2.29 bits per heavy atom. The van der Waals surface area contributed by atoms with Crippen LogP contribution >= 0.6 is 0 Å². The Kier molecular flexibility index (Phi) is 6.60. The first-order valence-corrected chi connectivity index (χ1v) is 12.3. The molecule has 0 unspecified atom stereocenters. The standard InChI is InChI=1S/C24H18F3N5O5S/c1-4-18-20(21-19(38(35,36)37)13-29-32(21)16-10-8-15(28-2)9-11-16)22(33)30(3)23(34)31(18)17-7-5-6-14(12-17)24(25,26)27/h5-13H,4H2,1,3H3,(H,35,36,37). The van der Waals surface area contributed by atoms with Crippen molar-refractivity contribution in [3.63, 3.8) is 0 Å². The molecule has 2 aromatic heterocycles. The predicted molar refractivity (Wildman–Crippen MR) is 130 cm³/mol. The van der Waals surface area contributed by atoms with Crippen LogP contribution < -0.4 is 11.2 Å². The van der Waals surface area contributed by atoms with Crippen LogP contribution in [0.3, 0.4) is 0 Å². The number of alkyl halides is 3. The highest BCUT2D eigenvalue weighted by molar-refractivity contribution is 7.86. The molecule has 0 saturated heterocycles. The summed E-state index contributed by atoms with van der Waals surface area (Å²) in [6.45, 7) is 8.64. The van der Waals surface area contributed by atoms with Gasteiger partial charge in [0.2, 0.25) is 0 Å². The highest BCUT2D eigenvalue weighted by Crippen LogP contribution is 2.33. The molecule has 0 bridgehead atoms. The zero-order valence-corrected chi connectivity index (χ0v) is 20.6. The number of halogens is 3. The average molecular weight is 545 g/mol. The van der Waals surface area contributed by atoms with Crippen LogP contribution in [0, 0.1) is 6.57 Å². The molecule has 1 N–H and O–H groups in total. The van der Waals surface area contributed by atoms with Gasteiger partial charge in [0, 0.05) is 12.7 Å². The highest BCUT2D eigenvalue weighted by Gasteiger charge is 2.32. The Balaban J connectivity index is 2.16. The largest absolute Gasteiger partial charge is 0.416 e. The van der Waals surface area contributed by atoms with E-state index < -0.39 is 43.7 Å². The van der Waals surface area contributed by atoms with Crippen molar-refractivity contribution >= 4 is 15.8 Å². The number of nitrogens with zero attached hydrogens (tertiary/aromatic N) is 5. The minimum atomic E-state index is -4.97. The molecule has 4 aromatic rings. The fraction of sp³-hybridized carbons (Fsp3) is 0.167. The first kappa shape index (κ1) is 26.6. The summed E-state index contributed by atoms with van der Waals surface area (Å²) in [6.07, 6.45) is -4.00. The molecule has 0 atom stereocenters. The van der Waals surface area contributed by atoms with Crippen LogP contribution in [0.15, 0.2) is 69.2 Å². The molecule has 0 amide bonds. The van der Waals surface area contributed by atoms with Gasteiger partial charge in [0.1, 0.15) is 10.6 Å². The molecule has 2 aromatic carbocycles. The zero-order valence-electron chi connectivity index (χ0n) is 19.8. The first-order chi connectivity index (χ1) is 17.8. The molecular formula is C24H18F3N5O5S. The van der Waals surface area contributed by atoms with Crippen molar-refractivity contribution in [2.24, 2.45) is 7.05 Å². The molecule has 0 aliphatic rings. The van der Waals surface area contributed by atoms with E-state index in [1.807, 2.05) is 0 Å². The smallest absolute Gasteiger partial charge is 0.282 e. The maximum absolute atomic E-state index is 13.5. The zero-order chi connectivity index (χ0) is 28.0. The molecular weight excluding hydrogens is 527 g/mol. The highest BCUT2D eigenvalue weighted by atomic mass is 32.2. The minimum Gasteiger partial charge on any atom is -0.282 e. The van der Waals surface area contributed by atoms with E-state index in [-0.39, 0.29) is 34.7 Å². The van der Waals surface area contributed by atoms with Gasteiger partial charge in [-0.2, -0.15) is 26.7 Å². The summed E-state index contributed by atoms with van der Waals surface area (Å²) in [7, 11) is -3.87. The summed E-state index contributed by atoms with van der Waals surface area (Å²) >= 11 is 0. The number of aromatic nitrogens is 4. The van der Waals surface area contributed by atoms with E-state index in [2.05, 4.69) is 9.94 Å². The fourth-order valence-corrected chi connectivity index (χ4v) is 4.64. The van der Waals surface area contributed by atoms with Gasteiger partial charge in [-0.1, -0.05) is 25.1 Å². The molecule has 0 radical (unpaired) electrons. The second-order valence-electron chi connectivity index (χ2n) is 8.08. The monoisotopic (exact) mass is 545 g/mol. The Morgan fingerprint density at radius 2 is 1.74 bits per heavy atom. The summed E-state index contributed by atoms with van der Waals surface area (Å²) in [5, 5.41) is 4.02. The Hall–Kier alpha value is -4.48. The molecule has 14 heteroatoms. The van der Waals surface area contributed by atoms with Gasteiger partial charge >= 0.3 is 11.9 Å². The van der Waals surface area contributed by atoms with Gasteiger partial charge in [-0.3, -0.25) is 18.5 Å². The molecule has 2 heterocycles. The summed E-state index contributed by atoms with van der Waals surface area (Å²) in [4.78, 5) is 29.2. The molecule has 0 aliphatic heterocycles. The number of hydrogen-bond acceptors (Lipinski definition) is 5. The topological polar surface area (TPSA) is 121 Å². The lowest BCUT2D eigenvalue weighted by Gasteiger charge is -2.19. The maximum atomic E-state index is 13.5. The van der Waals surface area contributed by atoms with Gasteiger partial charge in [-0.25, -0.2) is 14.3 Å². The van der Waals surface area contributed by atoms with Crippen LogP contribution in [0.25, 0.3) is 27.5 Å². The van der Waals surface area contributed by atoms with Crippen LogP contribution in [0.5, 0.6) is 0 Å². The van der Waals surface area contributed by atoms with Crippen LogP contribution in [0.1, 0.15) is 18.2 Å². The van der Waals surface area contributed by atoms with Gasteiger partial charge in [-0.15, -0.1) is 0 Å². The van der Waals surface area contributed by atoms with E-state index in [0.29, 0.717) is 4.57 Å². The van der Waals surface area contributed by atoms with Gasteiger partial charge in [-0.05, 0) is 36.8 Å². The van der Waals surface area contributed by atoms with E-state index in [4.69, 9.17) is 6.57 Å². The molecule has 0 fully saturated rings. The second-order valence-corrected chi connectivity index (χ2v) is 9.47. The summed E-state index contributed by atoms with van der Waals surface area (Å²) in [5.74, 6) is 0. The quantitative estimate of drug-likeness (QED) is 0.301. The first-order valence-electron chi connectivity index (χ1n) is 10.9. The van der Waals surface area contributed by atoms with E-state index in [1.54, 1.807) is 0 Å². The average Bonchev–Trinajstić information content (AvgIpc) is 3.32. The van der Waals surface area contributed by atoms with E-state index >= 15 is 0 Å². The van der Waals surface area contributed by atoms with Crippen LogP contribution in [0.2, 0.25) is 0 Å². The van der Waals surface area contributed by atoms with E-state index in [1.165, 1.54) is 37.3 Å². The number of benzene rings is 2.